The molecule has 0 spiro atoms. The molecule has 16 nitrogen and oxygen atoms in total. The highest BCUT2D eigenvalue weighted by Gasteiger charge is 2.29. The SMILES string of the molecule is CC/C=C\C/C=C\C/C=C\C/C=C\C/C=C\CCCCCC(=O)OCC(O)COP(=O)(O)OCC(O)COP(=O)(O)OCC(COC(=O)CCCCCCCCCCCCCCCCC)OC(=O)CCCCCCC/C=C\C/C=C\CCC. The summed E-state index contributed by atoms with van der Waals surface area (Å²) in [5.74, 6) is -1.62. The van der Waals surface area contributed by atoms with E-state index in [1.807, 2.05) is 0 Å². The predicted molar refractivity (Wildman–Crippen MR) is 334 cm³/mol. The molecule has 0 aromatic heterocycles. The third-order valence-corrected chi connectivity index (χ3v) is 15.0. The fourth-order valence-electron chi connectivity index (χ4n) is 8.22. The highest BCUT2D eigenvalue weighted by molar-refractivity contribution is 7.47. The minimum atomic E-state index is -4.92. The fourth-order valence-corrected chi connectivity index (χ4v) is 9.81. The number of hydrogen-bond donors (Lipinski definition) is 4. The van der Waals surface area contributed by atoms with Gasteiger partial charge in [0.1, 0.15) is 25.4 Å². The van der Waals surface area contributed by atoms with Gasteiger partial charge in [-0.3, -0.25) is 32.5 Å². The molecule has 0 amide bonds. The van der Waals surface area contributed by atoms with Crippen molar-refractivity contribution >= 4 is 33.6 Å². The van der Waals surface area contributed by atoms with E-state index in [2.05, 4.69) is 106 Å². The van der Waals surface area contributed by atoms with Crippen LogP contribution >= 0.6 is 15.6 Å². The second kappa shape index (κ2) is 59.1. The van der Waals surface area contributed by atoms with E-state index in [0.29, 0.717) is 19.3 Å². The van der Waals surface area contributed by atoms with Crippen LogP contribution in [-0.2, 0) is 55.8 Å². The predicted octanol–water partition coefficient (Wildman–Crippen LogP) is 17.0. The van der Waals surface area contributed by atoms with Gasteiger partial charge in [-0.15, -0.1) is 0 Å². The van der Waals surface area contributed by atoms with Crippen molar-refractivity contribution in [3.8, 4) is 0 Å². The van der Waals surface area contributed by atoms with Crippen LogP contribution in [0.3, 0.4) is 0 Å². The van der Waals surface area contributed by atoms with E-state index in [-0.39, 0.29) is 19.3 Å². The van der Waals surface area contributed by atoms with Gasteiger partial charge < -0.3 is 34.2 Å². The first-order valence-electron chi connectivity index (χ1n) is 31.9. The number of aliphatic hydroxyl groups excluding tert-OH is 2. The molecule has 83 heavy (non-hydrogen) atoms. The number of hydrogen-bond acceptors (Lipinski definition) is 14. The van der Waals surface area contributed by atoms with E-state index in [4.69, 9.17) is 32.3 Å². The third-order valence-electron chi connectivity index (χ3n) is 13.1. The lowest BCUT2D eigenvalue weighted by atomic mass is 10.0. The van der Waals surface area contributed by atoms with E-state index >= 15 is 0 Å². The average Bonchev–Trinajstić information content (AvgIpc) is 3.46. The normalized spacial score (nSPS) is 14.9. The molecule has 480 valence electrons. The summed E-state index contributed by atoms with van der Waals surface area (Å²) in [7, 11) is -9.77. The number of rotatable bonds is 60. The largest absolute Gasteiger partial charge is 0.472 e. The molecule has 4 N–H and O–H groups in total. The van der Waals surface area contributed by atoms with Gasteiger partial charge in [0.2, 0.25) is 0 Å². The van der Waals surface area contributed by atoms with Crippen molar-refractivity contribution in [1.82, 2.24) is 0 Å². The summed E-state index contributed by atoms with van der Waals surface area (Å²) in [4.78, 5) is 58.2. The number of phosphoric ester groups is 2. The molecule has 0 heterocycles. The molecule has 0 aromatic rings. The number of carbonyl (C=O) groups is 3. The second-order valence-electron chi connectivity index (χ2n) is 21.2. The Morgan fingerprint density at radius 1 is 0.349 bits per heavy atom. The van der Waals surface area contributed by atoms with Crippen molar-refractivity contribution in [2.75, 3.05) is 39.6 Å². The van der Waals surface area contributed by atoms with Crippen LogP contribution in [0.5, 0.6) is 0 Å². The van der Waals surface area contributed by atoms with Crippen molar-refractivity contribution in [3.63, 3.8) is 0 Å². The number of ether oxygens (including phenoxy) is 3. The van der Waals surface area contributed by atoms with E-state index in [1.54, 1.807) is 0 Å². The van der Waals surface area contributed by atoms with Gasteiger partial charge in [0.05, 0.1) is 26.4 Å². The second-order valence-corrected chi connectivity index (χ2v) is 24.1. The summed E-state index contributed by atoms with van der Waals surface area (Å²) in [5.41, 5.74) is 0. The van der Waals surface area contributed by atoms with Crippen molar-refractivity contribution in [3.05, 3.63) is 85.1 Å². The Kier molecular flexibility index (Phi) is 56.8. The first-order chi connectivity index (χ1) is 40.2. The summed E-state index contributed by atoms with van der Waals surface area (Å²) >= 11 is 0. The van der Waals surface area contributed by atoms with Crippen molar-refractivity contribution in [2.45, 2.75) is 270 Å². The highest BCUT2D eigenvalue weighted by atomic mass is 31.2. The zero-order valence-electron chi connectivity index (χ0n) is 51.6. The number of phosphoric acid groups is 2. The van der Waals surface area contributed by atoms with Crippen LogP contribution in [0.25, 0.3) is 0 Å². The Balaban J connectivity index is 4.67. The lowest BCUT2D eigenvalue weighted by Gasteiger charge is -2.21. The summed E-state index contributed by atoms with van der Waals surface area (Å²) in [5, 5.41) is 20.5. The van der Waals surface area contributed by atoms with Crippen LogP contribution in [-0.4, -0.2) is 95.9 Å². The third kappa shape index (κ3) is 60.2. The maximum Gasteiger partial charge on any atom is 0.472 e. The number of allylic oxidation sites excluding steroid dienone is 14. The molecule has 0 bridgehead atoms. The Labute approximate surface area is 502 Å². The van der Waals surface area contributed by atoms with Crippen LogP contribution in [0.2, 0.25) is 0 Å². The molecule has 18 heteroatoms. The van der Waals surface area contributed by atoms with Crippen LogP contribution in [0.15, 0.2) is 85.1 Å². The molecule has 0 aliphatic rings. The van der Waals surface area contributed by atoms with Gasteiger partial charge in [0, 0.05) is 19.3 Å². The molecular weight excluding hydrogens is 1100 g/mol. The zero-order chi connectivity index (χ0) is 61.0. The summed E-state index contributed by atoms with van der Waals surface area (Å²) in [6, 6.07) is 0. The first kappa shape index (κ1) is 79.7. The summed E-state index contributed by atoms with van der Waals surface area (Å²) in [6.07, 6.45) is 60.7. The van der Waals surface area contributed by atoms with E-state index < -0.39 is 91.5 Å². The Morgan fingerprint density at radius 2 is 0.663 bits per heavy atom. The average molecular weight is 1210 g/mol. The van der Waals surface area contributed by atoms with Crippen molar-refractivity contribution in [1.29, 1.82) is 0 Å². The molecular formula is C65H114O16P2. The molecule has 0 aliphatic carbocycles. The Bertz CT molecular complexity index is 1860. The summed E-state index contributed by atoms with van der Waals surface area (Å²) < 4.78 is 60.7. The van der Waals surface area contributed by atoms with Gasteiger partial charge in [-0.2, -0.15) is 0 Å². The smallest absolute Gasteiger partial charge is 0.463 e. The maximum atomic E-state index is 12.9. The number of unbranched alkanes of at least 4 members (excludes halogenated alkanes) is 23. The van der Waals surface area contributed by atoms with Gasteiger partial charge in [-0.1, -0.05) is 228 Å². The summed E-state index contributed by atoms with van der Waals surface area (Å²) in [6.45, 7) is 2.43. The molecule has 0 radical (unpaired) electrons. The van der Waals surface area contributed by atoms with Gasteiger partial charge in [0.25, 0.3) is 0 Å². The maximum absolute atomic E-state index is 12.9. The number of aliphatic hydroxyl groups is 2. The number of esters is 3. The van der Waals surface area contributed by atoms with Crippen LogP contribution in [0.4, 0.5) is 0 Å². The molecule has 0 aliphatic heterocycles. The topological polar surface area (TPSA) is 231 Å². The van der Waals surface area contributed by atoms with Crippen LogP contribution < -0.4 is 0 Å². The molecule has 0 saturated heterocycles. The van der Waals surface area contributed by atoms with Gasteiger partial charge in [-0.05, 0) is 89.9 Å². The van der Waals surface area contributed by atoms with E-state index in [9.17, 15) is 43.5 Å². The standard InChI is InChI=1S/C65H114O16P2/c1-4-7-10-13-16-19-22-25-27-28-29-30-32-35-36-39-42-45-48-51-63(68)75-54-60(66)55-77-82(71,72)78-56-61(67)57-79-83(73,74)80-59-62(81-65(70)53-50-47-44-41-38-33-24-21-18-15-12-9-6-3)58-76-64(69)52-49-46-43-40-37-34-31-26-23-20-17-14-11-8-5-2/h7,10,12,15-16,19,21,24-25,27,29-30,35-36,60-62,66-67H,4-6,8-9,11,13-14,17-18,20,22-23,26,28,31-34,37-59H2,1-3H3,(H,71,72)(H,73,74)/b10-7-,15-12-,19-16-,24-21-,27-25-,30-29-,36-35-. The molecule has 5 unspecified atom stereocenters. The Hall–Kier alpha value is -3.27. The van der Waals surface area contributed by atoms with Crippen LogP contribution in [0, 0.1) is 0 Å². The van der Waals surface area contributed by atoms with Gasteiger partial charge >= 0.3 is 33.6 Å². The molecule has 0 aromatic carbocycles. The van der Waals surface area contributed by atoms with Crippen molar-refractivity contribution in [2.24, 2.45) is 0 Å². The minimum absolute atomic E-state index is 0.0895. The van der Waals surface area contributed by atoms with E-state index in [0.717, 1.165) is 122 Å². The van der Waals surface area contributed by atoms with Gasteiger partial charge in [-0.25, -0.2) is 9.13 Å². The molecule has 0 fully saturated rings. The molecule has 0 saturated carbocycles. The molecule has 5 atom stereocenters. The van der Waals surface area contributed by atoms with Gasteiger partial charge in [0.15, 0.2) is 6.10 Å². The Morgan fingerprint density at radius 3 is 1.07 bits per heavy atom. The zero-order valence-corrected chi connectivity index (χ0v) is 53.4. The van der Waals surface area contributed by atoms with E-state index in [1.165, 1.54) is 70.6 Å². The number of carbonyl (C=O) groups excluding carboxylic acids is 3. The quantitative estimate of drug-likeness (QED) is 0.0146. The lowest BCUT2D eigenvalue weighted by Crippen LogP contribution is -2.30. The van der Waals surface area contributed by atoms with Crippen LogP contribution in [0.1, 0.15) is 252 Å². The van der Waals surface area contributed by atoms with Crippen molar-refractivity contribution < 1.29 is 75.8 Å². The first-order valence-corrected chi connectivity index (χ1v) is 34.9. The minimum Gasteiger partial charge on any atom is -0.463 e. The lowest BCUT2D eigenvalue weighted by molar-refractivity contribution is -0.161. The fraction of sp³-hybridized carbons (Fsp3) is 0.738. The monoisotopic (exact) mass is 1210 g/mol. The molecule has 0 rings (SSSR count). The highest BCUT2D eigenvalue weighted by Crippen LogP contribution is 2.45.